The molecule has 0 amide bonds. The van der Waals surface area contributed by atoms with Crippen LogP contribution in [0.4, 0.5) is 5.69 Å². The van der Waals surface area contributed by atoms with Gasteiger partial charge in [-0.1, -0.05) is 66.2 Å². The van der Waals surface area contributed by atoms with Gasteiger partial charge in [-0.25, -0.2) is 8.42 Å². The van der Waals surface area contributed by atoms with Gasteiger partial charge in [-0.2, -0.15) is 0 Å². The van der Waals surface area contributed by atoms with E-state index in [1.165, 1.54) is 0 Å². The molecule has 0 spiro atoms. The van der Waals surface area contributed by atoms with Crippen LogP contribution in [-0.2, 0) is 16.3 Å². The number of rotatable bonds is 6. The van der Waals surface area contributed by atoms with Crippen LogP contribution in [0.5, 0.6) is 0 Å². The number of sulfone groups is 1. The summed E-state index contributed by atoms with van der Waals surface area (Å²) in [5.74, 6) is 0. The molecule has 3 nitrogen and oxygen atoms in total. The van der Waals surface area contributed by atoms with Crippen LogP contribution >= 0.6 is 0 Å². The Balaban J connectivity index is 1.95. The predicted molar refractivity (Wildman–Crippen MR) is 102 cm³/mol. The van der Waals surface area contributed by atoms with Gasteiger partial charge in [-0.3, -0.25) is 0 Å². The maximum absolute atomic E-state index is 13.2. The Morgan fingerprint density at radius 2 is 1.36 bits per heavy atom. The summed E-state index contributed by atoms with van der Waals surface area (Å²) in [5, 5.41) is 2.46. The number of hydrogen-bond acceptors (Lipinski definition) is 3. The highest BCUT2D eigenvalue weighted by atomic mass is 32.2. The second kappa shape index (κ2) is 7.53. The summed E-state index contributed by atoms with van der Waals surface area (Å²) >= 11 is 0. The fraction of sp³-hybridized carbons (Fsp3) is 0.143. The molecule has 0 radical (unpaired) electrons. The lowest BCUT2D eigenvalue weighted by atomic mass is 10.1. The van der Waals surface area contributed by atoms with Gasteiger partial charge in [0.25, 0.3) is 0 Å². The summed E-state index contributed by atoms with van der Waals surface area (Å²) < 4.78 is 26.4. The quantitative estimate of drug-likeness (QED) is 0.714. The van der Waals surface area contributed by atoms with Gasteiger partial charge >= 0.3 is 0 Å². The Morgan fingerprint density at radius 3 is 1.96 bits per heavy atom. The van der Waals surface area contributed by atoms with Gasteiger partial charge in [-0.15, -0.1) is 0 Å². The minimum atomic E-state index is -3.53. The molecule has 0 fully saturated rings. The average molecular weight is 351 g/mol. The third kappa shape index (κ3) is 4.28. The molecule has 4 heteroatoms. The maximum atomic E-state index is 13.2. The van der Waals surface area contributed by atoms with E-state index in [2.05, 4.69) is 5.32 Å². The zero-order valence-electron chi connectivity index (χ0n) is 14.1. The first-order chi connectivity index (χ1) is 12.1. The van der Waals surface area contributed by atoms with E-state index in [1.54, 1.807) is 12.1 Å². The SMILES string of the molecule is Cc1ccc(S(=O)(=O)C(Cc2ccccc2)Nc2ccccc2)cc1. The smallest absolute Gasteiger partial charge is 0.199 e. The lowest BCUT2D eigenvalue weighted by Gasteiger charge is -2.21. The minimum Gasteiger partial charge on any atom is -0.369 e. The zero-order valence-corrected chi connectivity index (χ0v) is 14.9. The second-order valence-electron chi connectivity index (χ2n) is 6.05. The molecule has 1 unspecified atom stereocenters. The molecule has 0 aliphatic heterocycles. The van der Waals surface area contributed by atoms with E-state index in [-0.39, 0.29) is 0 Å². The monoisotopic (exact) mass is 351 g/mol. The Bertz CT molecular complexity index is 864. The van der Waals surface area contributed by atoms with Crippen LogP contribution in [0.1, 0.15) is 11.1 Å². The van der Waals surface area contributed by atoms with E-state index in [4.69, 9.17) is 0 Å². The summed E-state index contributed by atoms with van der Waals surface area (Å²) in [5.41, 5.74) is 2.81. The van der Waals surface area contributed by atoms with Crippen LogP contribution in [0.15, 0.2) is 89.8 Å². The zero-order chi connectivity index (χ0) is 17.7. The van der Waals surface area contributed by atoms with Gasteiger partial charge in [0, 0.05) is 12.1 Å². The average Bonchev–Trinajstić information content (AvgIpc) is 2.63. The highest BCUT2D eigenvalue weighted by Crippen LogP contribution is 2.22. The van der Waals surface area contributed by atoms with Crippen LogP contribution in [0.3, 0.4) is 0 Å². The Morgan fingerprint density at radius 1 is 0.800 bits per heavy atom. The third-order valence-corrected chi connectivity index (χ3v) is 6.05. The molecule has 0 aliphatic rings. The van der Waals surface area contributed by atoms with Crippen molar-refractivity contribution in [1.29, 1.82) is 0 Å². The largest absolute Gasteiger partial charge is 0.369 e. The van der Waals surface area contributed by atoms with Crippen LogP contribution in [0, 0.1) is 6.92 Å². The molecule has 1 N–H and O–H groups in total. The maximum Gasteiger partial charge on any atom is 0.199 e. The highest BCUT2D eigenvalue weighted by Gasteiger charge is 2.27. The van der Waals surface area contributed by atoms with Crippen molar-refractivity contribution in [3.63, 3.8) is 0 Å². The molecule has 0 saturated heterocycles. The molecule has 128 valence electrons. The van der Waals surface area contributed by atoms with Crippen molar-refractivity contribution < 1.29 is 8.42 Å². The van der Waals surface area contributed by atoms with E-state index >= 15 is 0 Å². The molecule has 3 aromatic rings. The number of para-hydroxylation sites is 1. The molecule has 3 aromatic carbocycles. The van der Waals surface area contributed by atoms with Crippen molar-refractivity contribution >= 4 is 15.5 Å². The molecule has 1 atom stereocenters. The van der Waals surface area contributed by atoms with Crippen molar-refractivity contribution in [1.82, 2.24) is 0 Å². The first kappa shape index (κ1) is 17.2. The number of hydrogen-bond donors (Lipinski definition) is 1. The third-order valence-electron chi connectivity index (χ3n) is 4.09. The topological polar surface area (TPSA) is 46.2 Å². The van der Waals surface area contributed by atoms with Crippen LogP contribution in [0.2, 0.25) is 0 Å². The second-order valence-corrected chi connectivity index (χ2v) is 8.18. The summed E-state index contributed by atoms with van der Waals surface area (Å²) in [7, 11) is -3.53. The van der Waals surface area contributed by atoms with Gasteiger partial charge in [0.15, 0.2) is 9.84 Å². The predicted octanol–water partition coefficient (Wildman–Crippen LogP) is 4.45. The molecule has 0 aromatic heterocycles. The van der Waals surface area contributed by atoms with Crippen LogP contribution < -0.4 is 5.32 Å². The van der Waals surface area contributed by atoms with Gasteiger partial charge in [0.1, 0.15) is 5.37 Å². The standard InChI is InChI=1S/C21H21NO2S/c1-17-12-14-20(15-13-17)25(23,24)21(16-18-8-4-2-5-9-18)22-19-10-6-3-7-11-19/h2-15,21-22H,16H2,1H3. The van der Waals surface area contributed by atoms with Crippen molar-refractivity contribution in [2.24, 2.45) is 0 Å². The molecule has 0 heterocycles. The van der Waals surface area contributed by atoms with Gasteiger partial charge < -0.3 is 5.32 Å². The molecule has 0 aliphatic carbocycles. The van der Waals surface area contributed by atoms with Crippen molar-refractivity contribution in [3.8, 4) is 0 Å². The molecule has 3 rings (SSSR count). The van der Waals surface area contributed by atoms with Crippen LogP contribution in [-0.4, -0.2) is 13.8 Å². The fourth-order valence-electron chi connectivity index (χ4n) is 2.68. The molecule has 25 heavy (non-hydrogen) atoms. The molecular formula is C21H21NO2S. The summed E-state index contributed by atoms with van der Waals surface area (Å²) in [4.78, 5) is 0.336. The Hall–Kier alpha value is -2.59. The van der Waals surface area contributed by atoms with Gasteiger partial charge in [-0.05, 0) is 36.8 Å². The Kier molecular flexibility index (Phi) is 5.19. The number of nitrogens with one attached hydrogen (secondary N) is 1. The highest BCUT2D eigenvalue weighted by molar-refractivity contribution is 7.92. The summed E-state index contributed by atoms with van der Waals surface area (Å²) in [6.45, 7) is 1.94. The fourth-order valence-corrected chi connectivity index (χ4v) is 4.23. The molecule has 0 saturated carbocycles. The normalized spacial score (nSPS) is 12.5. The number of benzene rings is 3. The molecular weight excluding hydrogens is 330 g/mol. The first-order valence-electron chi connectivity index (χ1n) is 8.22. The van der Waals surface area contributed by atoms with E-state index < -0.39 is 15.2 Å². The van der Waals surface area contributed by atoms with E-state index in [0.29, 0.717) is 11.3 Å². The summed E-state index contributed by atoms with van der Waals surface area (Å²) in [6, 6.07) is 26.1. The number of aryl methyl sites for hydroxylation is 1. The molecule has 0 bridgehead atoms. The van der Waals surface area contributed by atoms with Crippen molar-refractivity contribution in [3.05, 3.63) is 96.1 Å². The Labute approximate surface area is 149 Å². The van der Waals surface area contributed by atoms with Gasteiger partial charge in [0.2, 0.25) is 0 Å². The van der Waals surface area contributed by atoms with E-state index in [9.17, 15) is 8.42 Å². The summed E-state index contributed by atoms with van der Waals surface area (Å²) in [6.07, 6.45) is 0.395. The van der Waals surface area contributed by atoms with Crippen LogP contribution in [0.25, 0.3) is 0 Å². The minimum absolute atomic E-state index is 0.336. The van der Waals surface area contributed by atoms with E-state index in [0.717, 1.165) is 16.8 Å². The lowest BCUT2D eigenvalue weighted by Crippen LogP contribution is -2.32. The lowest BCUT2D eigenvalue weighted by molar-refractivity contribution is 0.584. The number of anilines is 1. The van der Waals surface area contributed by atoms with Gasteiger partial charge in [0.05, 0.1) is 4.90 Å². The first-order valence-corrected chi connectivity index (χ1v) is 9.76. The van der Waals surface area contributed by atoms with Crippen molar-refractivity contribution in [2.75, 3.05) is 5.32 Å². The van der Waals surface area contributed by atoms with E-state index in [1.807, 2.05) is 79.7 Å². The van der Waals surface area contributed by atoms with Crippen molar-refractivity contribution in [2.45, 2.75) is 23.6 Å².